The lowest BCUT2D eigenvalue weighted by Gasteiger charge is -2.19. The van der Waals surface area contributed by atoms with Crippen molar-refractivity contribution in [3.8, 4) is 11.5 Å². The van der Waals surface area contributed by atoms with E-state index in [1.807, 2.05) is 0 Å². The van der Waals surface area contributed by atoms with E-state index < -0.39 is 11.9 Å². The Morgan fingerprint density at radius 3 is 2.19 bits per heavy atom. The fourth-order valence-electron chi connectivity index (χ4n) is 2.12. The van der Waals surface area contributed by atoms with Gasteiger partial charge in [0, 0.05) is 17.2 Å². The monoisotopic (exact) mass is 349 g/mol. The highest BCUT2D eigenvalue weighted by molar-refractivity contribution is 7.20. The van der Waals surface area contributed by atoms with Gasteiger partial charge in [-0.15, -0.1) is 11.3 Å². The second-order valence-corrected chi connectivity index (χ2v) is 6.52. The minimum atomic E-state index is -0.430. The van der Waals surface area contributed by atoms with E-state index in [0.29, 0.717) is 25.7 Å². The first-order chi connectivity index (χ1) is 10.0. The number of hydrogen-bond acceptors (Lipinski definition) is 4. The van der Waals surface area contributed by atoms with Crippen molar-refractivity contribution in [1.82, 2.24) is 5.32 Å². The zero-order valence-corrected chi connectivity index (χ0v) is 14.0. The molecule has 1 unspecified atom stereocenters. The third-order valence-corrected chi connectivity index (χ3v) is 4.61. The maximum atomic E-state index is 14.4. The topological polar surface area (TPSA) is 30.5 Å². The molecule has 0 aliphatic rings. The van der Waals surface area contributed by atoms with Crippen LogP contribution in [0.5, 0.6) is 11.5 Å². The Morgan fingerprint density at radius 2 is 1.71 bits per heavy atom. The summed E-state index contributed by atoms with van der Waals surface area (Å²) in [5, 5.41) is 3.05. The molecule has 1 atom stereocenters. The number of benzene rings is 1. The van der Waals surface area contributed by atoms with Crippen molar-refractivity contribution in [2.45, 2.75) is 6.04 Å². The van der Waals surface area contributed by atoms with Crippen molar-refractivity contribution < 1.29 is 13.9 Å². The van der Waals surface area contributed by atoms with Gasteiger partial charge in [0.05, 0.1) is 28.9 Å². The molecule has 0 aliphatic carbocycles. The van der Waals surface area contributed by atoms with Crippen LogP contribution in [0.2, 0.25) is 8.67 Å². The molecule has 3 nitrogen and oxygen atoms in total. The first-order valence-electron chi connectivity index (χ1n) is 6.05. The van der Waals surface area contributed by atoms with Crippen molar-refractivity contribution >= 4 is 34.5 Å². The number of thiophene rings is 1. The predicted molar refractivity (Wildman–Crippen MR) is 84.7 cm³/mol. The van der Waals surface area contributed by atoms with Crippen LogP contribution in [-0.4, -0.2) is 21.3 Å². The highest BCUT2D eigenvalue weighted by Gasteiger charge is 2.23. The van der Waals surface area contributed by atoms with E-state index in [4.69, 9.17) is 32.7 Å². The van der Waals surface area contributed by atoms with Crippen LogP contribution in [0.15, 0.2) is 18.2 Å². The SMILES string of the molecule is CNC(c1cc(OC)c(OC)cc1F)c1cc(Cl)sc1Cl. The zero-order valence-electron chi connectivity index (χ0n) is 11.7. The zero-order chi connectivity index (χ0) is 15.6. The molecule has 2 rings (SSSR count). The standard InChI is InChI=1S/C14H14Cl2FNO2S/c1-18-13(8-5-12(15)21-14(8)16)7-4-10(19-2)11(20-3)6-9(7)17/h4-6,13,18H,1-3H3. The second kappa shape index (κ2) is 6.83. The van der Waals surface area contributed by atoms with Gasteiger partial charge in [0.2, 0.25) is 0 Å². The van der Waals surface area contributed by atoms with E-state index in [1.165, 1.54) is 31.6 Å². The molecule has 1 heterocycles. The molecule has 0 spiro atoms. The minimum Gasteiger partial charge on any atom is -0.493 e. The number of halogens is 3. The fraction of sp³-hybridized carbons (Fsp3) is 0.286. The number of rotatable bonds is 5. The quantitative estimate of drug-likeness (QED) is 0.860. The van der Waals surface area contributed by atoms with Gasteiger partial charge in [0.15, 0.2) is 11.5 Å². The lowest BCUT2D eigenvalue weighted by molar-refractivity contribution is 0.351. The summed E-state index contributed by atoms with van der Waals surface area (Å²) in [6.45, 7) is 0. The molecule has 0 aliphatic heterocycles. The average molecular weight is 350 g/mol. The summed E-state index contributed by atoms with van der Waals surface area (Å²) in [4.78, 5) is 0. The van der Waals surface area contributed by atoms with Crippen LogP contribution in [0.3, 0.4) is 0 Å². The van der Waals surface area contributed by atoms with Gasteiger partial charge in [-0.2, -0.15) is 0 Å². The molecule has 0 radical (unpaired) electrons. The molecule has 1 N–H and O–H groups in total. The van der Waals surface area contributed by atoms with Crippen LogP contribution in [-0.2, 0) is 0 Å². The third-order valence-electron chi connectivity index (χ3n) is 3.10. The van der Waals surface area contributed by atoms with E-state index in [9.17, 15) is 4.39 Å². The van der Waals surface area contributed by atoms with Crippen LogP contribution in [0, 0.1) is 5.82 Å². The first-order valence-corrected chi connectivity index (χ1v) is 7.62. The maximum Gasteiger partial charge on any atom is 0.163 e. The Labute approximate surface area is 136 Å². The molecule has 114 valence electrons. The first kappa shape index (κ1) is 16.4. The Balaban J connectivity index is 2.54. The Hall–Kier alpha value is -1.01. The Bertz CT molecular complexity index is 648. The largest absolute Gasteiger partial charge is 0.493 e. The molecular formula is C14H14Cl2FNO2S. The van der Waals surface area contributed by atoms with Gasteiger partial charge in [-0.3, -0.25) is 0 Å². The predicted octanol–water partition coefficient (Wildman–Crippen LogP) is 4.52. The van der Waals surface area contributed by atoms with Crippen LogP contribution in [0.4, 0.5) is 4.39 Å². The fourth-order valence-corrected chi connectivity index (χ4v) is 3.65. The maximum absolute atomic E-state index is 14.4. The summed E-state index contributed by atoms with van der Waals surface area (Å²) >= 11 is 13.4. The molecule has 1 aromatic carbocycles. The summed E-state index contributed by atoms with van der Waals surface area (Å²) in [6.07, 6.45) is 0. The van der Waals surface area contributed by atoms with Crippen molar-refractivity contribution in [2.24, 2.45) is 0 Å². The van der Waals surface area contributed by atoms with Crippen LogP contribution >= 0.6 is 34.5 Å². The molecule has 0 saturated heterocycles. The second-order valence-electron chi connectivity index (χ2n) is 4.23. The molecule has 0 fully saturated rings. The van der Waals surface area contributed by atoms with Gasteiger partial charge < -0.3 is 14.8 Å². The summed E-state index contributed by atoms with van der Waals surface area (Å²) in [6, 6.07) is 4.18. The summed E-state index contributed by atoms with van der Waals surface area (Å²) in [5.41, 5.74) is 1.13. The van der Waals surface area contributed by atoms with Gasteiger partial charge in [-0.1, -0.05) is 23.2 Å². The molecule has 21 heavy (non-hydrogen) atoms. The minimum absolute atomic E-state index is 0.336. The normalized spacial score (nSPS) is 12.3. The lowest BCUT2D eigenvalue weighted by Crippen LogP contribution is -2.19. The average Bonchev–Trinajstić information content (AvgIpc) is 2.79. The molecule has 7 heteroatoms. The number of methoxy groups -OCH3 is 2. The summed E-state index contributed by atoms with van der Waals surface area (Å²) < 4.78 is 25.8. The van der Waals surface area contributed by atoms with Crippen molar-refractivity contribution in [3.05, 3.63) is 43.8 Å². The number of ether oxygens (including phenoxy) is 2. The Morgan fingerprint density at radius 1 is 1.10 bits per heavy atom. The van der Waals surface area contributed by atoms with Gasteiger partial charge in [-0.25, -0.2) is 4.39 Å². The van der Waals surface area contributed by atoms with Crippen molar-refractivity contribution in [1.29, 1.82) is 0 Å². The molecule has 0 amide bonds. The Kier molecular flexibility index (Phi) is 5.32. The summed E-state index contributed by atoms with van der Waals surface area (Å²) in [5.74, 6) is 0.375. The lowest BCUT2D eigenvalue weighted by atomic mass is 10.00. The molecular weight excluding hydrogens is 336 g/mol. The van der Waals surface area contributed by atoms with Gasteiger partial charge in [0.25, 0.3) is 0 Å². The molecule has 1 aromatic heterocycles. The van der Waals surface area contributed by atoms with E-state index in [-0.39, 0.29) is 0 Å². The van der Waals surface area contributed by atoms with Gasteiger partial charge in [-0.05, 0) is 19.2 Å². The van der Waals surface area contributed by atoms with Crippen LogP contribution in [0.1, 0.15) is 17.2 Å². The van der Waals surface area contributed by atoms with Gasteiger partial charge in [0.1, 0.15) is 5.82 Å². The highest BCUT2D eigenvalue weighted by Crippen LogP contribution is 2.40. The van der Waals surface area contributed by atoms with E-state index >= 15 is 0 Å². The van der Waals surface area contributed by atoms with E-state index in [2.05, 4.69) is 5.32 Å². The van der Waals surface area contributed by atoms with Crippen molar-refractivity contribution in [2.75, 3.05) is 21.3 Å². The molecule has 2 aromatic rings. The highest BCUT2D eigenvalue weighted by atomic mass is 35.5. The molecule has 0 saturated carbocycles. The van der Waals surface area contributed by atoms with E-state index in [0.717, 1.165) is 5.56 Å². The van der Waals surface area contributed by atoms with Gasteiger partial charge >= 0.3 is 0 Å². The van der Waals surface area contributed by atoms with Crippen LogP contribution < -0.4 is 14.8 Å². The number of hydrogen-bond donors (Lipinski definition) is 1. The van der Waals surface area contributed by atoms with E-state index in [1.54, 1.807) is 19.2 Å². The van der Waals surface area contributed by atoms with Crippen molar-refractivity contribution in [3.63, 3.8) is 0 Å². The van der Waals surface area contributed by atoms with Crippen LogP contribution in [0.25, 0.3) is 0 Å². The summed E-state index contributed by atoms with van der Waals surface area (Å²) in [7, 11) is 4.69. The number of nitrogens with one attached hydrogen (secondary N) is 1. The molecule has 0 bridgehead atoms. The third kappa shape index (κ3) is 3.26. The smallest absolute Gasteiger partial charge is 0.163 e.